The fourth-order valence-corrected chi connectivity index (χ4v) is 5.86. The summed E-state index contributed by atoms with van der Waals surface area (Å²) in [5.74, 6) is -0.945. The SMILES string of the molecule is Nc1nc([O-])c2[nH]cnc2n1.Nc1nc([O-])c2[nH]cnc2n1.c1cc[c]([Sn+2][c]2ccccc2)cc1. The summed E-state index contributed by atoms with van der Waals surface area (Å²) in [6.45, 7) is 0. The molecule has 172 valence electrons. The Kier molecular flexibility index (Phi) is 7.52. The van der Waals surface area contributed by atoms with Crippen molar-refractivity contribution in [2.75, 3.05) is 11.5 Å². The number of aromatic amines is 2. The molecule has 6 N–H and O–H groups in total. The normalized spacial score (nSPS) is 10.1. The number of imidazole rings is 2. The molecule has 0 aliphatic carbocycles. The molecule has 12 nitrogen and oxygen atoms in total. The van der Waals surface area contributed by atoms with E-state index in [-0.39, 0.29) is 11.9 Å². The van der Waals surface area contributed by atoms with Crippen LogP contribution in [-0.2, 0) is 0 Å². The molecule has 0 unspecified atom stereocenters. The summed E-state index contributed by atoms with van der Waals surface area (Å²) in [5, 5.41) is 21.9. The summed E-state index contributed by atoms with van der Waals surface area (Å²) in [6.07, 6.45) is 2.75. The van der Waals surface area contributed by atoms with Crippen LogP contribution in [0.1, 0.15) is 0 Å². The van der Waals surface area contributed by atoms with Crippen molar-refractivity contribution in [2.45, 2.75) is 0 Å². The van der Waals surface area contributed by atoms with Crippen molar-refractivity contribution >= 4 is 62.5 Å². The number of benzene rings is 2. The van der Waals surface area contributed by atoms with Crippen LogP contribution in [0.25, 0.3) is 22.3 Å². The Labute approximate surface area is 208 Å². The van der Waals surface area contributed by atoms with E-state index in [4.69, 9.17) is 11.5 Å². The van der Waals surface area contributed by atoms with E-state index in [1.807, 2.05) is 0 Å². The van der Waals surface area contributed by atoms with Crippen LogP contribution in [0.4, 0.5) is 11.9 Å². The van der Waals surface area contributed by atoms with Crippen molar-refractivity contribution in [2.24, 2.45) is 0 Å². The van der Waals surface area contributed by atoms with Crippen molar-refractivity contribution in [1.29, 1.82) is 0 Å². The van der Waals surface area contributed by atoms with Gasteiger partial charge in [-0.3, -0.25) is 0 Å². The first-order valence-electron chi connectivity index (χ1n) is 10.1. The van der Waals surface area contributed by atoms with Gasteiger partial charge in [-0.1, -0.05) is 0 Å². The first-order valence-corrected chi connectivity index (χ1v) is 13.0. The molecule has 0 aliphatic rings. The average molecular weight is 573 g/mol. The van der Waals surface area contributed by atoms with Gasteiger partial charge in [-0.2, -0.15) is 9.97 Å². The van der Waals surface area contributed by atoms with Crippen molar-refractivity contribution in [1.82, 2.24) is 39.9 Å². The molecule has 6 rings (SSSR count). The van der Waals surface area contributed by atoms with E-state index in [9.17, 15) is 10.2 Å². The molecule has 0 atom stereocenters. The third-order valence-electron chi connectivity index (χ3n) is 4.38. The van der Waals surface area contributed by atoms with Gasteiger partial charge in [-0.15, -0.1) is 0 Å². The molecule has 2 aromatic carbocycles. The van der Waals surface area contributed by atoms with Gasteiger partial charge in [0.05, 0.1) is 23.7 Å². The first kappa shape index (κ1) is 23.7. The number of hydrogen-bond acceptors (Lipinski definition) is 10. The van der Waals surface area contributed by atoms with Gasteiger partial charge >= 0.3 is 89.0 Å². The summed E-state index contributed by atoms with van der Waals surface area (Å²) >= 11 is -0.517. The van der Waals surface area contributed by atoms with Gasteiger partial charge < -0.3 is 31.6 Å². The summed E-state index contributed by atoms with van der Waals surface area (Å²) < 4.78 is 3.08. The number of nitrogens with two attached hydrogens (primary N) is 2. The van der Waals surface area contributed by atoms with E-state index in [1.54, 1.807) is 0 Å². The molecule has 13 heteroatoms. The van der Waals surface area contributed by atoms with Crippen molar-refractivity contribution in [3.05, 3.63) is 73.3 Å². The standard InChI is InChI=1S/2C6H5.2C5H5N5O.Sn/c2*1-2-4-6-5-3-1;2*6-5-9-3-2(4(11)10-5)7-1-8-3;/h2*1-5H;2*1H,(H4,6,7,8,9,10,11);/q;;;;+2/p-2. The number of aromatic nitrogens is 8. The predicted octanol–water partition coefficient (Wildman–Crippen LogP) is -0.641. The zero-order valence-electron chi connectivity index (χ0n) is 18.1. The van der Waals surface area contributed by atoms with Crippen LogP contribution < -0.4 is 28.8 Å². The van der Waals surface area contributed by atoms with Crippen LogP contribution in [-0.4, -0.2) is 61.0 Å². The summed E-state index contributed by atoms with van der Waals surface area (Å²) in [6, 6.07) is 21.6. The van der Waals surface area contributed by atoms with Crippen LogP contribution in [0.2, 0.25) is 0 Å². The zero-order chi connectivity index (χ0) is 24.6. The molecule has 4 heterocycles. The maximum atomic E-state index is 11.0. The van der Waals surface area contributed by atoms with Gasteiger partial charge in [0.2, 0.25) is 11.9 Å². The minimum absolute atomic E-state index is 0.0467. The second-order valence-corrected chi connectivity index (χ2v) is 10.8. The second kappa shape index (κ2) is 11.1. The third-order valence-corrected chi connectivity index (χ3v) is 7.93. The van der Waals surface area contributed by atoms with Crippen LogP contribution in [0.5, 0.6) is 11.8 Å². The predicted molar refractivity (Wildman–Crippen MR) is 129 cm³/mol. The number of anilines is 2. The number of rotatable bonds is 2. The molecule has 0 bridgehead atoms. The fourth-order valence-electron chi connectivity index (χ4n) is 2.85. The Bertz CT molecular complexity index is 1410. The number of nitrogens with one attached hydrogen (secondary N) is 2. The molecule has 0 saturated heterocycles. The molecular formula is C22H18N10O2Sn. The number of nitrogen functional groups attached to an aromatic ring is 2. The van der Waals surface area contributed by atoms with Gasteiger partial charge in [-0.25, -0.2) is 19.9 Å². The van der Waals surface area contributed by atoms with E-state index in [2.05, 4.69) is 101 Å². The van der Waals surface area contributed by atoms with E-state index < -0.39 is 32.9 Å². The zero-order valence-corrected chi connectivity index (χ0v) is 20.9. The number of H-pyrrole nitrogens is 2. The Hall–Kier alpha value is -4.46. The Morgan fingerprint density at radius 3 is 1.40 bits per heavy atom. The van der Waals surface area contributed by atoms with Gasteiger partial charge in [0.25, 0.3) is 0 Å². The van der Waals surface area contributed by atoms with Crippen LogP contribution >= 0.6 is 0 Å². The molecule has 0 spiro atoms. The number of fused-ring (bicyclic) bond motifs is 2. The molecule has 4 aromatic heterocycles. The van der Waals surface area contributed by atoms with E-state index >= 15 is 0 Å². The molecule has 6 aromatic rings. The average Bonchev–Trinajstić information content (AvgIpc) is 3.51. The van der Waals surface area contributed by atoms with E-state index in [0.717, 1.165) is 0 Å². The van der Waals surface area contributed by atoms with Gasteiger partial charge in [-0.05, 0) is 0 Å². The molecular weight excluding hydrogens is 555 g/mol. The van der Waals surface area contributed by atoms with Gasteiger partial charge in [0.1, 0.15) is 0 Å². The molecule has 35 heavy (non-hydrogen) atoms. The van der Waals surface area contributed by atoms with E-state index in [1.165, 1.54) is 19.8 Å². The minimum atomic E-state index is -0.517. The topological polar surface area (TPSA) is 207 Å². The first-order chi connectivity index (χ1) is 17.0. The maximum absolute atomic E-state index is 11.0. The molecule has 0 fully saturated rings. The fraction of sp³-hybridized carbons (Fsp3) is 0. The molecule has 0 amide bonds. The Balaban J connectivity index is 0.000000124. The van der Waals surface area contributed by atoms with Crippen molar-refractivity contribution in [3.63, 3.8) is 0 Å². The summed E-state index contributed by atoms with van der Waals surface area (Å²) in [7, 11) is 0. The molecule has 0 aliphatic heterocycles. The summed E-state index contributed by atoms with van der Waals surface area (Å²) in [4.78, 5) is 27.0. The second-order valence-electron chi connectivity index (χ2n) is 6.83. The summed E-state index contributed by atoms with van der Waals surface area (Å²) in [5.41, 5.74) is 11.6. The molecule has 0 radical (unpaired) electrons. The van der Waals surface area contributed by atoms with Gasteiger partial charge in [0, 0.05) is 11.8 Å². The van der Waals surface area contributed by atoms with Crippen LogP contribution in [0, 0.1) is 0 Å². The Morgan fingerprint density at radius 2 is 1.00 bits per heavy atom. The number of nitrogens with zero attached hydrogens (tertiary/aromatic N) is 6. The monoisotopic (exact) mass is 574 g/mol. The van der Waals surface area contributed by atoms with Crippen LogP contribution in [0.15, 0.2) is 73.3 Å². The quantitative estimate of drug-likeness (QED) is 0.193. The van der Waals surface area contributed by atoms with E-state index in [0.29, 0.717) is 22.3 Å². The molecule has 0 saturated carbocycles. The van der Waals surface area contributed by atoms with Gasteiger partial charge in [0.15, 0.2) is 11.3 Å². The Morgan fingerprint density at radius 1 is 0.600 bits per heavy atom. The third kappa shape index (κ3) is 6.32. The van der Waals surface area contributed by atoms with Crippen molar-refractivity contribution in [3.8, 4) is 11.8 Å². The van der Waals surface area contributed by atoms with Crippen molar-refractivity contribution < 1.29 is 10.2 Å². The number of hydrogen-bond donors (Lipinski definition) is 4. The van der Waals surface area contributed by atoms with Crippen LogP contribution in [0.3, 0.4) is 0 Å².